The third-order valence-corrected chi connectivity index (χ3v) is 5.71. The van der Waals surface area contributed by atoms with E-state index >= 15 is 0 Å². The molecule has 2 aromatic rings. The molecule has 0 bridgehead atoms. The number of imide groups is 1. The highest BCUT2D eigenvalue weighted by Crippen LogP contribution is 2.40. The monoisotopic (exact) mass is 405 g/mol. The first-order chi connectivity index (χ1) is 14.5. The Hall–Kier alpha value is -3.41. The largest absolute Gasteiger partial charge is 0.497 e. The van der Waals surface area contributed by atoms with Gasteiger partial charge in [0.15, 0.2) is 0 Å². The Kier molecular flexibility index (Phi) is 5.40. The molecular weight excluding hydrogens is 382 g/mol. The lowest BCUT2D eigenvalue weighted by Crippen LogP contribution is -2.31. The zero-order valence-electron chi connectivity index (χ0n) is 16.9. The van der Waals surface area contributed by atoms with Crippen LogP contribution in [0.4, 0.5) is 5.69 Å². The Bertz CT molecular complexity index is 993. The van der Waals surface area contributed by atoms with Crippen molar-refractivity contribution in [3.63, 3.8) is 0 Å². The van der Waals surface area contributed by atoms with E-state index in [0.29, 0.717) is 17.9 Å². The van der Waals surface area contributed by atoms with Crippen LogP contribution in [-0.2, 0) is 20.8 Å². The van der Waals surface area contributed by atoms with Crippen molar-refractivity contribution in [2.24, 2.45) is 17.8 Å². The smallest absolute Gasteiger partial charge is 0.315 e. The predicted octanol–water partition coefficient (Wildman–Crippen LogP) is 3.54. The maximum absolute atomic E-state index is 12.8. The highest BCUT2D eigenvalue weighted by Gasteiger charge is 2.50. The van der Waals surface area contributed by atoms with Crippen LogP contribution < -0.4 is 14.4 Å². The Labute approximate surface area is 175 Å². The maximum Gasteiger partial charge on any atom is 0.315 e. The summed E-state index contributed by atoms with van der Waals surface area (Å²) in [6.45, 7) is 1.97. The Morgan fingerprint density at radius 1 is 1.00 bits per heavy atom. The summed E-state index contributed by atoms with van der Waals surface area (Å²) in [6, 6.07) is 13.7. The van der Waals surface area contributed by atoms with Gasteiger partial charge in [-0.15, -0.1) is 0 Å². The number of hydrogen-bond donors (Lipinski definition) is 0. The number of fused-ring (bicyclic) bond motifs is 1. The molecule has 1 fully saturated rings. The van der Waals surface area contributed by atoms with Gasteiger partial charge >= 0.3 is 5.97 Å². The van der Waals surface area contributed by atoms with E-state index in [4.69, 9.17) is 9.47 Å². The summed E-state index contributed by atoms with van der Waals surface area (Å²) in [7, 11) is 1.58. The van der Waals surface area contributed by atoms with Crippen molar-refractivity contribution in [1.29, 1.82) is 0 Å². The average molecular weight is 405 g/mol. The highest BCUT2D eigenvalue weighted by molar-refractivity contribution is 6.22. The number of hydrogen-bond acceptors (Lipinski definition) is 5. The van der Waals surface area contributed by atoms with Gasteiger partial charge in [-0.3, -0.25) is 19.3 Å². The SMILES string of the molecule is COc1ccc(CC(=O)Oc2ccc(N3C(=O)C4CC=CC(C)C4C3=O)cc2)cc1. The van der Waals surface area contributed by atoms with Gasteiger partial charge in [0.1, 0.15) is 11.5 Å². The van der Waals surface area contributed by atoms with Gasteiger partial charge in [-0.25, -0.2) is 0 Å². The van der Waals surface area contributed by atoms with Crippen molar-refractivity contribution < 1.29 is 23.9 Å². The molecule has 30 heavy (non-hydrogen) atoms. The Morgan fingerprint density at radius 3 is 2.30 bits per heavy atom. The predicted molar refractivity (Wildman–Crippen MR) is 111 cm³/mol. The number of ether oxygens (including phenoxy) is 2. The minimum Gasteiger partial charge on any atom is -0.497 e. The van der Waals surface area contributed by atoms with Gasteiger partial charge in [0.2, 0.25) is 11.8 Å². The first-order valence-corrected chi connectivity index (χ1v) is 9.96. The van der Waals surface area contributed by atoms with Gasteiger partial charge in [0.05, 0.1) is 31.1 Å². The van der Waals surface area contributed by atoms with Crippen molar-refractivity contribution in [3.8, 4) is 11.5 Å². The van der Waals surface area contributed by atoms with Gasteiger partial charge in [-0.2, -0.15) is 0 Å². The summed E-state index contributed by atoms with van der Waals surface area (Å²) in [5, 5.41) is 0. The van der Waals surface area contributed by atoms with Crippen LogP contribution in [0.3, 0.4) is 0 Å². The van der Waals surface area contributed by atoms with Crippen LogP contribution in [0.25, 0.3) is 0 Å². The Morgan fingerprint density at radius 2 is 1.67 bits per heavy atom. The van der Waals surface area contributed by atoms with Crippen molar-refractivity contribution >= 4 is 23.5 Å². The second kappa shape index (κ2) is 8.14. The van der Waals surface area contributed by atoms with E-state index in [-0.39, 0.29) is 36.0 Å². The summed E-state index contributed by atoms with van der Waals surface area (Å²) in [5.74, 6) is -0.182. The van der Waals surface area contributed by atoms with Crippen LogP contribution in [0.5, 0.6) is 11.5 Å². The third-order valence-electron chi connectivity index (χ3n) is 5.71. The van der Waals surface area contributed by atoms with E-state index in [0.717, 1.165) is 11.3 Å². The molecule has 2 aromatic carbocycles. The second-order valence-electron chi connectivity index (χ2n) is 7.66. The lowest BCUT2D eigenvalue weighted by molar-refractivity contribution is -0.133. The molecule has 1 saturated heterocycles. The molecule has 0 spiro atoms. The summed E-state index contributed by atoms with van der Waals surface area (Å²) in [4.78, 5) is 39.1. The van der Waals surface area contributed by atoms with Crippen molar-refractivity contribution in [3.05, 3.63) is 66.2 Å². The average Bonchev–Trinajstić information content (AvgIpc) is 3.00. The lowest BCUT2D eigenvalue weighted by Gasteiger charge is -2.22. The van der Waals surface area contributed by atoms with E-state index in [1.54, 1.807) is 43.5 Å². The van der Waals surface area contributed by atoms with Gasteiger partial charge in [0.25, 0.3) is 0 Å². The zero-order chi connectivity index (χ0) is 21.3. The summed E-state index contributed by atoms with van der Waals surface area (Å²) in [6.07, 6.45) is 4.70. The van der Waals surface area contributed by atoms with Gasteiger partial charge in [-0.05, 0) is 54.3 Å². The van der Waals surface area contributed by atoms with Crippen molar-refractivity contribution in [2.75, 3.05) is 12.0 Å². The molecule has 154 valence electrons. The van der Waals surface area contributed by atoms with Crippen molar-refractivity contribution in [1.82, 2.24) is 0 Å². The molecule has 6 nitrogen and oxygen atoms in total. The van der Waals surface area contributed by atoms with Gasteiger partial charge in [0, 0.05) is 0 Å². The second-order valence-corrected chi connectivity index (χ2v) is 7.66. The molecule has 2 amide bonds. The molecular formula is C24H23NO5. The van der Waals surface area contributed by atoms with E-state index in [1.165, 1.54) is 4.90 Å². The summed E-state index contributed by atoms with van der Waals surface area (Å²) < 4.78 is 10.5. The molecule has 0 N–H and O–H groups in total. The topological polar surface area (TPSA) is 72.9 Å². The fraction of sp³-hybridized carbons (Fsp3) is 0.292. The van der Waals surface area contributed by atoms with Crippen LogP contribution >= 0.6 is 0 Å². The first-order valence-electron chi connectivity index (χ1n) is 9.96. The molecule has 1 aliphatic heterocycles. The van der Waals surface area contributed by atoms with Crippen LogP contribution in [0, 0.1) is 17.8 Å². The molecule has 1 aliphatic carbocycles. The molecule has 3 unspecified atom stereocenters. The Balaban J connectivity index is 1.42. The molecule has 6 heteroatoms. The van der Waals surface area contributed by atoms with Crippen molar-refractivity contribution in [2.45, 2.75) is 19.8 Å². The van der Waals surface area contributed by atoms with Crippen LogP contribution in [0.1, 0.15) is 18.9 Å². The number of allylic oxidation sites excluding steroid dienone is 2. The minimum atomic E-state index is -0.396. The van der Waals surface area contributed by atoms with E-state index in [9.17, 15) is 14.4 Å². The van der Waals surface area contributed by atoms with E-state index in [2.05, 4.69) is 0 Å². The molecule has 0 radical (unpaired) electrons. The number of nitrogens with zero attached hydrogens (tertiary/aromatic N) is 1. The number of methoxy groups -OCH3 is 1. The molecule has 0 aromatic heterocycles. The summed E-state index contributed by atoms with van der Waals surface area (Å²) in [5.41, 5.74) is 1.32. The molecule has 2 aliphatic rings. The third kappa shape index (κ3) is 3.73. The minimum absolute atomic E-state index is 0.0448. The standard InChI is InChI=1S/C24H23NO5/c1-15-4-3-5-20-22(15)24(28)25(23(20)27)17-8-12-19(13-9-17)30-21(26)14-16-6-10-18(29-2)11-7-16/h3-4,6-13,15,20,22H,5,14H2,1-2H3. The molecule has 4 rings (SSSR count). The highest BCUT2D eigenvalue weighted by atomic mass is 16.5. The zero-order valence-corrected chi connectivity index (χ0v) is 16.9. The molecule has 3 atom stereocenters. The molecule has 1 heterocycles. The maximum atomic E-state index is 12.8. The number of amides is 2. The first kappa shape index (κ1) is 19.9. The number of anilines is 1. The van der Waals surface area contributed by atoms with Gasteiger partial charge < -0.3 is 9.47 Å². The van der Waals surface area contributed by atoms with E-state index in [1.807, 2.05) is 31.2 Å². The number of esters is 1. The fourth-order valence-corrected chi connectivity index (χ4v) is 4.14. The number of carbonyl (C=O) groups excluding carboxylic acids is 3. The number of rotatable bonds is 5. The summed E-state index contributed by atoms with van der Waals surface area (Å²) >= 11 is 0. The fourth-order valence-electron chi connectivity index (χ4n) is 4.14. The van der Waals surface area contributed by atoms with Crippen LogP contribution in [-0.4, -0.2) is 24.9 Å². The molecule has 0 saturated carbocycles. The van der Waals surface area contributed by atoms with Crippen LogP contribution in [0.2, 0.25) is 0 Å². The number of benzene rings is 2. The van der Waals surface area contributed by atoms with Crippen LogP contribution in [0.15, 0.2) is 60.7 Å². The van der Waals surface area contributed by atoms with Gasteiger partial charge in [-0.1, -0.05) is 31.2 Å². The number of carbonyl (C=O) groups is 3. The lowest BCUT2D eigenvalue weighted by atomic mass is 9.78. The van der Waals surface area contributed by atoms with E-state index < -0.39 is 5.97 Å². The quantitative estimate of drug-likeness (QED) is 0.329. The normalized spacial score (nSPS) is 22.7.